The van der Waals surface area contributed by atoms with Crippen molar-refractivity contribution in [2.24, 2.45) is 0 Å². The number of hydrogen-bond donors (Lipinski definition) is 1. The van der Waals surface area contributed by atoms with Gasteiger partial charge < -0.3 is 14.5 Å². The molecule has 1 fully saturated rings. The molecule has 0 spiro atoms. The molecule has 5 rings (SSSR count). The summed E-state index contributed by atoms with van der Waals surface area (Å²) in [6, 6.07) is 3.51. The van der Waals surface area contributed by atoms with Gasteiger partial charge in [0.05, 0.1) is 66.6 Å². The van der Waals surface area contributed by atoms with Crippen LogP contribution in [-0.4, -0.2) is 49.0 Å². The second-order valence-electron chi connectivity index (χ2n) is 5.88. The van der Waals surface area contributed by atoms with Crippen LogP contribution in [-0.2, 0) is 16.0 Å². The number of rotatable bonds is 2. The van der Waals surface area contributed by atoms with E-state index in [2.05, 4.69) is 24.9 Å². The van der Waals surface area contributed by atoms with E-state index in [1.165, 1.54) is 12.4 Å². The Bertz CT molecular complexity index is 1220. The molecule has 1 aliphatic rings. The van der Waals surface area contributed by atoms with Crippen molar-refractivity contribution in [1.29, 1.82) is 0 Å². The maximum Gasteiger partial charge on any atom is 0.269 e. The van der Waals surface area contributed by atoms with Gasteiger partial charge in [-0.3, -0.25) is 24.1 Å². The normalized spacial score (nSPS) is 14.1. The van der Waals surface area contributed by atoms with Crippen LogP contribution in [0.4, 0.5) is 0 Å². The summed E-state index contributed by atoms with van der Waals surface area (Å²) < 4.78 is 12.3. The van der Waals surface area contributed by atoms with E-state index in [9.17, 15) is 9.59 Å². The van der Waals surface area contributed by atoms with E-state index < -0.39 is 0 Å². The number of nitrogens with zero attached hydrogens (tertiary/aromatic N) is 5. The van der Waals surface area contributed by atoms with Crippen molar-refractivity contribution in [3.05, 3.63) is 70.0 Å². The molecular weight excluding hydrogens is 364 g/mol. The first kappa shape index (κ1) is 17.9. The lowest BCUT2D eigenvalue weighted by atomic mass is 10.3. The van der Waals surface area contributed by atoms with Gasteiger partial charge in [-0.2, -0.15) is 0 Å². The molecule has 0 aromatic carbocycles. The van der Waals surface area contributed by atoms with Crippen molar-refractivity contribution in [1.82, 2.24) is 29.5 Å². The highest BCUT2D eigenvalue weighted by Gasteiger charge is 2.18. The Labute approximate surface area is 157 Å². The van der Waals surface area contributed by atoms with Crippen LogP contribution in [0, 0.1) is 0 Å². The fourth-order valence-electron chi connectivity index (χ4n) is 2.75. The number of aromatic amines is 1. The Kier molecular flexibility index (Phi) is 5.13. The van der Waals surface area contributed by atoms with Crippen molar-refractivity contribution >= 4 is 22.1 Å². The molecule has 0 radical (unpaired) electrons. The second kappa shape index (κ2) is 8.03. The maximum absolute atomic E-state index is 11.8. The highest BCUT2D eigenvalue weighted by molar-refractivity contribution is 5.73. The van der Waals surface area contributed by atoms with E-state index >= 15 is 0 Å². The van der Waals surface area contributed by atoms with Crippen LogP contribution in [0.15, 0.2) is 58.9 Å². The van der Waals surface area contributed by atoms with E-state index in [1.54, 1.807) is 41.5 Å². The number of H-pyrrole nitrogens is 1. The van der Waals surface area contributed by atoms with E-state index in [0.717, 1.165) is 11.0 Å². The average Bonchev–Trinajstić information content (AvgIpc) is 3.24. The van der Waals surface area contributed by atoms with E-state index in [-0.39, 0.29) is 17.4 Å². The van der Waals surface area contributed by atoms with Crippen LogP contribution in [0.25, 0.3) is 22.1 Å². The molecule has 4 aromatic heterocycles. The summed E-state index contributed by atoms with van der Waals surface area (Å²) in [6.45, 7) is 1.50. The van der Waals surface area contributed by atoms with Gasteiger partial charge in [0.15, 0.2) is 6.29 Å². The van der Waals surface area contributed by atoms with Gasteiger partial charge in [0.25, 0.3) is 11.1 Å². The molecule has 10 nitrogen and oxygen atoms in total. The van der Waals surface area contributed by atoms with Crippen molar-refractivity contribution < 1.29 is 9.47 Å². The van der Waals surface area contributed by atoms with Gasteiger partial charge in [-0.25, -0.2) is 9.97 Å². The smallest absolute Gasteiger partial charge is 0.269 e. The molecule has 0 aliphatic carbocycles. The predicted molar refractivity (Wildman–Crippen MR) is 99.6 cm³/mol. The minimum atomic E-state index is -0.362. The molecule has 4 aromatic rings. The van der Waals surface area contributed by atoms with Gasteiger partial charge >= 0.3 is 0 Å². The minimum absolute atomic E-state index is 0.176. The average molecular weight is 380 g/mol. The second-order valence-corrected chi connectivity index (χ2v) is 5.88. The maximum atomic E-state index is 11.8. The lowest BCUT2D eigenvalue weighted by Crippen LogP contribution is -2.27. The van der Waals surface area contributed by atoms with Crippen LogP contribution >= 0.6 is 0 Å². The quantitative estimate of drug-likeness (QED) is 0.532. The Hall–Kier alpha value is -3.50. The van der Waals surface area contributed by atoms with Crippen molar-refractivity contribution in [3.63, 3.8) is 0 Å². The first-order chi connectivity index (χ1) is 13.7. The van der Waals surface area contributed by atoms with Gasteiger partial charge in [-0.05, 0) is 12.1 Å². The van der Waals surface area contributed by atoms with Crippen LogP contribution in [0.2, 0.25) is 0 Å². The fraction of sp³-hybridized carbons (Fsp3) is 0.222. The number of fused-ring (bicyclic) bond motifs is 2. The van der Waals surface area contributed by atoms with E-state index in [0.29, 0.717) is 30.8 Å². The monoisotopic (exact) mass is 380 g/mol. The summed E-state index contributed by atoms with van der Waals surface area (Å²) >= 11 is 0. The summed E-state index contributed by atoms with van der Waals surface area (Å²) in [7, 11) is 0. The molecule has 1 saturated heterocycles. The Balaban J connectivity index is 0.000000151. The number of hydrogen-bond acceptors (Lipinski definition) is 8. The lowest BCUT2D eigenvalue weighted by Gasteiger charge is -2.12. The summed E-state index contributed by atoms with van der Waals surface area (Å²) in [5.41, 5.74) is 2.46. The minimum Gasteiger partial charge on any atom is -0.348 e. The third kappa shape index (κ3) is 3.92. The standard InChI is InChI=1S/C11H11N3O3.C7H5N3O/c15-10-6-13-8-1-2-12-5-9(8)14(10)7-11-16-3-4-17-11;11-7-4-9-5-1-2-8-3-6(5)10-7/h1-2,5-6,11H,3-4,7H2;1-4H,(H,10,11). The highest BCUT2D eigenvalue weighted by Crippen LogP contribution is 2.10. The molecule has 28 heavy (non-hydrogen) atoms. The third-order valence-corrected chi connectivity index (χ3v) is 4.05. The Morgan fingerprint density at radius 2 is 1.68 bits per heavy atom. The molecular formula is C18H16N6O4. The molecule has 0 amide bonds. The number of nitrogens with one attached hydrogen (secondary N) is 1. The topological polar surface area (TPSA) is 125 Å². The molecule has 0 unspecified atom stereocenters. The van der Waals surface area contributed by atoms with Gasteiger partial charge in [-0.15, -0.1) is 0 Å². The highest BCUT2D eigenvalue weighted by atomic mass is 16.7. The molecule has 0 atom stereocenters. The largest absolute Gasteiger partial charge is 0.348 e. The zero-order chi connectivity index (χ0) is 19.3. The predicted octanol–water partition coefficient (Wildman–Crippen LogP) is 0.482. The zero-order valence-corrected chi connectivity index (χ0v) is 14.7. The molecule has 1 aliphatic heterocycles. The van der Waals surface area contributed by atoms with Gasteiger partial charge in [-0.1, -0.05) is 0 Å². The summed E-state index contributed by atoms with van der Waals surface area (Å²) in [5, 5.41) is 0. The first-order valence-corrected chi connectivity index (χ1v) is 8.52. The number of aromatic nitrogens is 6. The molecule has 5 heterocycles. The lowest BCUT2D eigenvalue weighted by molar-refractivity contribution is -0.0523. The van der Waals surface area contributed by atoms with Crippen LogP contribution in [0.3, 0.4) is 0 Å². The molecule has 0 saturated carbocycles. The number of ether oxygens (including phenoxy) is 2. The number of pyridine rings is 2. The molecule has 1 N–H and O–H groups in total. The third-order valence-electron chi connectivity index (χ3n) is 4.05. The van der Waals surface area contributed by atoms with Gasteiger partial charge in [0.2, 0.25) is 0 Å². The molecule has 10 heteroatoms. The summed E-state index contributed by atoms with van der Waals surface area (Å²) in [6.07, 6.45) is 8.67. The van der Waals surface area contributed by atoms with Gasteiger partial charge in [0, 0.05) is 12.4 Å². The molecule has 142 valence electrons. The summed E-state index contributed by atoms with van der Waals surface area (Å²) in [5.74, 6) is 0. The fourth-order valence-corrected chi connectivity index (χ4v) is 2.75. The van der Waals surface area contributed by atoms with E-state index in [4.69, 9.17) is 9.47 Å². The van der Waals surface area contributed by atoms with Crippen LogP contribution in [0.5, 0.6) is 0 Å². The first-order valence-electron chi connectivity index (χ1n) is 8.52. The summed E-state index contributed by atoms with van der Waals surface area (Å²) in [4.78, 5) is 40.9. The molecule has 0 bridgehead atoms. The van der Waals surface area contributed by atoms with Crippen LogP contribution in [0.1, 0.15) is 0 Å². The van der Waals surface area contributed by atoms with Crippen LogP contribution < -0.4 is 11.1 Å². The SMILES string of the molecule is O=c1cnc2ccncc2[nH]1.O=c1cnc2ccncc2n1CC1OCCO1. The van der Waals surface area contributed by atoms with Crippen molar-refractivity contribution in [3.8, 4) is 0 Å². The van der Waals surface area contributed by atoms with Gasteiger partial charge in [0.1, 0.15) is 0 Å². The Morgan fingerprint density at radius 3 is 2.50 bits per heavy atom. The Morgan fingerprint density at radius 1 is 0.964 bits per heavy atom. The van der Waals surface area contributed by atoms with E-state index in [1.807, 2.05) is 0 Å². The zero-order valence-electron chi connectivity index (χ0n) is 14.7. The van der Waals surface area contributed by atoms with Crippen molar-refractivity contribution in [2.75, 3.05) is 13.2 Å². The van der Waals surface area contributed by atoms with Crippen molar-refractivity contribution in [2.45, 2.75) is 12.8 Å².